The molecule has 0 saturated carbocycles. The third-order valence-electron chi connectivity index (χ3n) is 2.79. The Labute approximate surface area is 96.7 Å². The SMILES string of the molecule is NCC1CCOC1c1ccc(Br)c(F)c1. The van der Waals surface area contributed by atoms with Crippen LogP contribution in [0.4, 0.5) is 4.39 Å². The van der Waals surface area contributed by atoms with Crippen molar-refractivity contribution in [1.82, 2.24) is 0 Å². The van der Waals surface area contributed by atoms with E-state index >= 15 is 0 Å². The highest BCUT2D eigenvalue weighted by Gasteiger charge is 2.28. The third-order valence-corrected chi connectivity index (χ3v) is 3.43. The second kappa shape index (κ2) is 4.60. The topological polar surface area (TPSA) is 35.2 Å². The molecule has 4 heteroatoms. The van der Waals surface area contributed by atoms with Crippen molar-refractivity contribution in [3.63, 3.8) is 0 Å². The average molecular weight is 274 g/mol. The van der Waals surface area contributed by atoms with Gasteiger partial charge in [-0.1, -0.05) is 6.07 Å². The van der Waals surface area contributed by atoms with Crippen LogP contribution < -0.4 is 5.73 Å². The Kier molecular flexibility index (Phi) is 3.38. The summed E-state index contributed by atoms with van der Waals surface area (Å²) in [7, 11) is 0. The number of hydrogen-bond acceptors (Lipinski definition) is 2. The van der Waals surface area contributed by atoms with E-state index in [9.17, 15) is 4.39 Å². The lowest BCUT2D eigenvalue weighted by Crippen LogP contribution is -2.17. The first-order valence-electron chi connectivity index (χ1n) is 4.99. The summed E-state index contributed by atoms with van der Waals surface area (Å²) < 4.78 is 19.4. The van der Waals surface area contributed by atoms with Crippen LogP contribution in [0.25, 0.3) is 0 Å². The van der Waals surface area contributed by atoms with E-state index in [2.05, 4.69) is 15.9 Å². The largest absolute Gasteiger partial charge is 0.373 e. The monoisotopic (exact) mass is 273 g/mol. The number of ether oxygens (including phenoxy) is 1. The van der Waals surface area contributed by atoms with Gasteiger partial charge in [-0.25, -0.2) is 4.39 Å². The zero-order valence-corrected chi connectivity index (χ0v) is 9.84. The maximum Gasteiger partial charge on any atom is 0.137 e. The first-order chi connectivity index (χ1) is 7.22. The average Bonchev–Trinajstić information content (AvgIpc) is 2.70. The minimum absolute atomic E-state index is 0.0439. The van der Waals surface area contributed by atoms with Gasteiger partial charge in [-0.2, -0.15) is 0 Å². The Morgan fingerprint density at radius 1 is 1.53 bits per heavy atom. The number of hydrogen-bond donors (Lipinski definition) is 1. The molecule has 2 N–H and O–H groups in total. The van der Waals surface area contributed by atoms with Crippen LogP contribution in [0.15, 0.2) is 22.7 Å². The molecule has 2 nitrogen and oxygen atoms in total. The molecule has 0 aromatic heterocycles. The van der Waals surface area contributed by atoms with Gasteiger partial charge in [-0.3, -0.25) is 0 Å². The fraction of sp³-hybridized carbons (Fsp3) is 0.455. The van der Waals surface area contributed by atoms with Crippen molar-refractivity contribution in [1.29, 1.82) is 0 Å². The molecule has 0 amide bonds. The normalized spacial score (nSPS) is 25.8. The maximum atomic E-state index is 13.3. The predicted octanol–water partition coefficient (Wildman–Crippen LogP) is 2.62. The van der Waals surface area contributed by atoms with Crippen molar-refractivity contribution < 1.29 is 9.13 Å². The van der Waals surface area contributed by atoms with Gasteiger partial charge in [0.2, 0.25) is 0 Å². The van der Waals surface area contributed by atoms with Crippen LogP contribution >= 0.6 is 15.9 Å². The Bertz CT molecular complexity index is 358. The minimum atomic E-state index is -0.251. The molecule has 0 spiro atoms. The lowest BCUT2D eigenvalue weighted by Gasteiger charge is -2.17. The molecular weight excluding hydrogens is 261 g/mol. The molecule has 0 bridgehead atoms. The molecule has 1 aromatic rings. The first kappa shape index (κ1) is 11.0. The van der Waals surface area contributed by atoms with Gasteiger partial charge in [-0.15, -0.1) is 0 Å². The molecule has 1 fully saturated rings. The van der Waals surface area contributed by atoms with Crippen LogP contribution in [0.3, 0.4) is 0 Å². The van der Waals surface area contributed by atoms with Gasteiger partial charge in [0.25, 0.3) is 0 Å². The number of halogens is 2. The van der Waals surface area contributed by atoms with Crippen molar-refractivity contribution in [3.8, 4) is 0 Å². The number of benzene rings is 1. The molecule has 15 heavy (non-hydrogen) atoms. The zero-order chi connectivity index (χ0) is 10.8. The van der Waals surface area contributed by atoms with E-state index in [-0.39, 0.29) is 11.9 Å². The highest BCUT2D eigenvalue weighted by molar-refractivity contribution is 9.10. The Balaban J connectivity index is 2.25. The van der Waals surface area contributed by atoms with E-state index in [1.54, 1.807) is 6.07 Å². The van der Waals surface area contributed by atoms with Crippen molar-refractivity contribution in [2.45, 2.75) is 12.5 Å². The quantitative estimate of drug-likeness (QED) is 0.899. The molecule has 2 atom stereocenters. The number of rotatable bonds is 2. The minimum Gasteiger partial charge on any atom is -0.373 e. The van der Waals surface area contributed by atoms with E-state index in [4.69, 9.17) is 10.5 Å². The Morgan fingerprint density at radius 3 is 3.00 bits per heavy atom. The van der Waals surface area contributed by atoms with Gasteiger partial charge >= 0.3 is 0 Å². The predicted molar refractivity (Wildman–Crippen MR) is 60.0 cm³/mol. The van der Waals surface area contributed by atoms with Crippen molar-refractivity contribution >= 4 is 15.9 Å². The molecule has 1 aromatic carbocycles. The van der Waals surface area contributed by atoms with Crippen LogP contribution in [0, 0.1) is 11.7 Å². The van der Waals surface area contributed by atoms with Gasteiger partial charge in [0.05, 0.1) is 10.6 Å². The molecule has 1 saturated heterocycles. The van der Waals surface area contributed by atoms with Crippen molar-refractivity contribution in [2.24, 2.45) is 11.7 Å². The number of nitrogens with two attached hydrogens (primary N) is 1. The van der Waals surface area contributed by atoms with E-state index in [1.165, 1.54) is 6.07 Å². The summed E-state index contributed by atoms with van der Waals surface area (Å²) in [5, 5.41) is 0. The van der Waals surface area contributed by atoms with Gasteiger partial charge in [0.15, 0.2) is 0 Å². The zero-order valence-electron chi connectivity index (χ0n) is 8.25. The van der Waals surface area contributed by atoms with Gasteiger partial charge in [0, 0.05) is 12.5 Å². The molecular formula is C11H13BrFNO. The smallest absolute Gasteiger partial charge is 0.137 e. The molecule has 2 unspecified atom stereocenters. The summed E-state index contributed by atoms with van der Waals surface area (Å²) >= 11 is 3.13. The van der Waals surface area contributed by atoms with Crippen LogP contribution in [0.1, 0.15) is 18.1 Å². The summed E-state index contributed by atoms with van der Waals surface area (Å²) in [5.74, 6) is 0.0596. The van der Waals surface area contributed by atoms with Gasteiger partial charge in [0.1, 0.15) is 5.82 Å². The summed E-state index contributed by atoms with van der Waals surface area (Å²) in [6.45, 7) is 1.30. The summed E-state index contributed by atoms with van der Waals surface area (Å²) in [6, 6.07) is 5.11. The second-order valence-electron chi connectivity index (χ2n) is 3.75. The molecule has 1 heterocycles. The Hall–Kier alpha value is -0.450. The van der Waals surface area contributed by atoms with Gasteiger partial charge < -0.3 is 10.5 Å². The van der Waals surface area contributed by atoms with Crippen LogP contribution in [-0.4, -0.2) is 13.2 Å². The summed E-state index contributed by atoms with van der Waals surface area (Å²) in [5.41, 5.74) is 6.52. The van der Waals surface area contributed by atoms with Crippen LogP contribution in [0.5, 0.6) is 0 Å². The molecule has 1 aliphatic heterocycles. The fourth-order valence-electron chi connectivity index (χ4n) is 1.93. The lowest BCUT2D eigenvalue weighted by molar-refractivity contribution is 0.0922. The second-order valence-corrected chi connectivity index (χ2v) is 4.60. The van der Waals surface area contributed by atoms with Crippen molar-refractivity contribution in [3.05, 3.63) is 34.1 Å². The summed E-state index contributed by atoms with van der Waals surface area (Å²) in [6.07, 6.45) is 0.913. The summed E-state index contributed by atoms with van der Waals surface area (Å²) in [4.78, 5) is 0. The molecule has 0 radical (unpaired) electrons. The van der Waals surface area contributed by atoms with Gasteiger partial charge in [-0.05, 0) is 46.6 Å². The van der Waals surface area contributed by atoms with Crippen molar-refractivity contribution in [2.75, 3.05) is 13.2 Å². The van der Waals surface area contributed by atoms with E-state index in [0.29, 0.717) is 23.5 Å². The lowest BCUT2D eigenvalue weighted by atomic mass is 9.95. The molecule has 2 rings (SSSR count). The first-order valence-corrected chi connectivity index (χ1v) is 5.78. The van der Waals surface area contributed by atoms with E-state index < -0.39 is 0 Å². The molecule has 82 valence electrons. The van der Waals surface area contributed by atoms with E-state index in [1.807, 2.05) is 6.07 Å². The molecule has 1 aliphatic rings. The third kappa shape index (κ3) is 2.22. The fourth-order valence-corrected chi connectivity index (χ4v) is 2.18. The van der Waals surface area contributed by atoms with Crippen LogP contribution in [0.2, 0.25) is 0 Å². The van der Waals surface area contributed by atoms with E-state index in [0.717, 1.165) is 12.0 Å². The Morgan fingerprint density at radius 2 is 2.33 bits per heavy atom. The molecule has 0 aliphatic carbocycles. The van der Waals surface area contributed by atoms with Crippen LogP contribution in [-0.2, 0) is 4.74 Å². The maximum absolute atomic E-state index is 13.3. The highest BCUT2D eigenvalue weighted by Crippen LogP contribution is 2.34. The standard InChI is InChI=1S/C11H13BrFNO/c12-9-2-1-7(5-10(9)13)11-8(6-14)3-4-15-11/h1-2,5,8,11H,3-4,6,14H2. The highest BCUT2D eigenvalue weighted by atomic mass is 79.9.